The summed E-state index contributed by atoms with van der Waals surface area (Å²) in [6.45, 7) is 0. The average Bonchev–Trinajstić information content (AvgIpc) is 3.22. The molecule has 1 aliphatic rings. The molecule has 1 aromatic heterocycles. The van der Waals surface area contributed by atoms with E-state index in [9.17, 15) is 0 Å². The van der Waals surface area contributed by atoms with Gasteiger partial charge in [0.2, 0.25) is 0 Å². The minimum Gasteiger partial charge on any atom is -0.497 e. The van der Waals surface area contributed by atoms with Crippen LogP contribution in [0.3, 0.4) is 0 Å². The van der Waals surface area contributed by atoms with Gasteiger partial charge in [-0.1, -0.05) is 36.4 Å². The van der Waals surface area contributed by atoms with Crippen molar-refractivity contribution in [3.63, 3.8) is 0 Å². The summed E-state index contributed by atoms with van der Waals surface area (Å²) in [5, 5.41) is 0. The highest BCUT2D eigenvalue weighted by atomic mass is 32.2. The Kier molecular flexibility index (Phi) is 5.65. The van der Waals surface area contributed by atoms with Gasteiger partial charge in [0.25, 0.3) is 0 Å². The third-order valence-corrected chi connectivity index (χ3v) is 8.00. The zero-order valence-electron chi connectivity index (χ0n) is 15.4. The van der Waals surface area contributed by atoms with Crippen LogP contribution in [0.25, 0.3) is 11.8 Å². The molecular weight excluding hydrogens is 370 g/mol. The van der Waals surface area contributed by atoms with E-state index in [0.717, 1.165) is 5.75 Å². The van der Waals surface area contributed by atoms with E-state index in [4.69, 9.17) is 4.74 Å². The second-order valence-electron chi connectivity index (χ2n) is 6.42. The summed E-state index contributed by atoms with van der Waals surface area (Å²) in [6.07, 6.45) is 8.03. The highest BCUT2D eigenvalue weighted by Gasteiger charge is 2.33. The summed E-state index contributed by atoms with van der Waals surface area (Å²) in [5.74, 6) is 3.27. The number of methoxy groups -OCH3 is 1. The summed E-state index contributed by atoms with van der Waals surface area (Å²) >= 11 is 4.05. The van der Waals surface area contributed by atoms with Crippen molar-refractivity contribution < 1.29 is 4.74 Å². The van der Waals surface area contributed by atoms with Crippen molar-refractivity contribution in [1.29, 1.82) is 0 Å². The van der Waals surface area contributed by atoms with Crippen LogP contribution in [0, 0.1) is 0 Å². The van der Waals surface area contributed by atoms with E-state index in [0.29, 0.717) is 0 Å². The van der Waals surface area contributed by atoms with Crippen LogP contribution in [0.4, 0.5) is 0 Å². The van der Waals surface area contributed by atoms with Gasteiger partial charge in [-0.3, -0.25) is 0 Å². The number of thioether (sulfide) groups is 2. The fraction of sp³-hybridized carbons (Fsp3) is 0.217. The van der Waals surface area contributed by atoms with Crippen molar-refractivity contribution in [3.05, 3.63) is 90.3 Å². The highest BCUT2D eigenvalue weighted by molar-refractivity contribution is 8.18. The van der Waals surface area contributed by atoms with Crippen LogP contribution in [-0.2, 0) is 4.08 Å². The van der Waals surface area contributed by atoms with Crippen LogP contribution in [0.1, 0.15) is 17.7 Å². The lowest BCUT2D eigenvalue weighted by Crippen LogP contribution is -2.20. The normalized spacial score (nSPS) is 16.5. The van der Waals surface area contributed by atoms with Crippen LogP contribution < -0.4 is 4.74 Å². The zero-order chi connectivity index (χ0) is 18.5. The summed E-state index contributed by atoms with van der Waals surface area (Å²) in [4.78, 5) is 0. The Morgan fingerprint density at radius 1 is 0.926 bits per heavy atom. The quantitative estimate of drug-likeness (QED) is 0.511. The highest BCUT2D eigenvalue weighted by Crippen LogP contribution is 2.51. The Bertz CT molecular complexity index is 894. The molecule has 4 rings (SSSR count). The molecule has 2 heterocycles. The minimum absolute atomic E-state index is 0.0453. The number of nitrogens with zero attached hydrogens (tertiary/aromatic N) is 1. The molecule has 0 N–H and O–H groups in total. The smallest absolute Gasteiger partial charge is 0.118 e. The lowest BCUT2D eigenvalue weighted by Gasteiger charge is -2.34. The van der Waals surface area contributed by atoms with E-state index in [-0.39, 0.29) is 4.08 Å². The SMILES string of the molecule is COc1ccc(C2(/C=C/c3cccn3-c3ccccc3)SCCCS2)cc1. The molecule has 1 aliphatic heterocycles. The molecular formula is C23H23NOS2. The molecule has 0 amide bonds. The lowest BCUT2D eigenvalue weighted by atomic mass is 10.1. The molecule has 3 aromatic rings. The maximum Gasteiger partial charge on any atom is 0.118 e. The van der Waals surface area contributed by atoms with Crippen molar-refractivity contribution in [2.45, 2.75) is 10.5 Å². The Labute approximate surface area is 169 Å². The number of hydrogen-bond donors (Lipinski definition) is 0. The maximum absolute atomic E-state index is 5.34. The van der Waals surface area contributed by atoms with Gasteiger partial charge in [0.1, 0.15) is 9.83 Å². The molecule has 0 unspecified atom stereocenters. The first kappa shape index (κ1) is 18.3. The summed E-state index contributed by atoms with van der Waals surface area (Å²) in [7, 11) is 1.71. The number of rotatable bonds is 5. The third-order valence-electron chi connectivity index (χ3n) is 4.70. The first-order valence-electron chi connectivity index (χ1n) is 9.15. The molecule has 4 heteroatoms. The fourth-order valence-electron chi connectivity index (χ4n) is 3.28. The van der Waals surface area contributed by atoms with Crippen molar-refractivity contribution in [2.75, 3.05) is 18.6 Å². The average molecular weight is 394 g/mol. The first-order valence-corrected chi connectivity index (χ1v) is 11.1. The Hall–Kier alpha value is -2.04. The summed E-state index contributed by atoms with van der Waals surface area (Å²) in [5.41, 5.74) is 3.71. The number of aromatic nitrogens is 1. The predicted molar refractivity (Wildman–Crippen MR) is 119 cm³/mol. The number of hydrogen-bond acceptors (Lipinski definition) is 3. The second kappa shape index (κ2) is 8.32. The Morgan fingerprint density at radius 2 is 1.67 bits per heavy atom. The largest absolute Gasteiger partial charge is 0.497 e. The fourth-order valence-corrected chi connectivity index (χ4v) is 6.41. The summed E-state index contributed by atoms with van der Waals surface area (Å²) in [6, 6.07) is 23.3. The van der Waals surface area contributed by atoms with Crippen LogP contribution in [0.5, 0.6) is 5.75 Å². The monoisotopic (exact) mass is 393 g/mol. The van der Waals surface area contributed by atoms with E-state index in [2.05, 4.69) is 89.6 Å². The van der Waals surface area contributed by atoms with Crippen LogP contribution in [0.2, 0.25) is 0 Å². The molecule has 0 bridgehead atoms. The molecule has 138 valence electrons. The molecule has 0 saturated carbocycles. The topological polar surface area (TPSA) is 14.2 Å². The lowest BCUT2D eigenvalue weighted by molar-refractivity contribution is 0.414. The van der Waals surface area contributed by atoms with Crippen molar-refractivity contribution in [1.82, 2.24) is 4.57 Å². The van der Waals surface area contributed by atoms with E-state index < -0.39 is 0 Å². The number of ether oxygens (including phenoxy) is 1. The van der Waals surface area contributed by atoms with Gasteiger partial charge in [0.15, 0.2) is 0 Å². The van der Waals surface area contributed by atoms with Gasteiger partial charge in [-0.25, -0.2) is 0 Å². The van der Waals surface area contributed by atoms with Crippen molar-refractivity contribution >= 4 is 29.6 Å². The van der Waals surface area contributed by atoms with Crippen LogP contribution in [0.15, 0.2) is 79.0 Å². The van der Waals surface area contributed by atoms with E-state index >= 15 is 0 Å². The molecule has 0 spiro atoms. The zero-order valence-corrected chi connectivity index (χ0v) is 17.0. The Balaban J connectivity index is 1.68. The third kappa shape index (κ3) is 3.97. The van der Waals surface area contributed by atoms with Gasteiger partial charge in [0, 0.05) is 17.6 Å². The molecule has 1 fully saturated rings. The van der Waals surface area contributed by atoms with Gasteiger partial charge in [-0.05, 0) is 66.0 Å². The molecule has 2 nitrogen and oxygen atoms in total. The molecule has 0 aliphatic carbocycles. The van der Waals surface area contributed by atoms with Crippen LogP contribution in [-0.4, -0.2) is 23.2 Å². The predicted octanol–water partition coefficient (Wildman–Crippen LogP) is 6.22. The van der Waals surface area contributed by atoms with Gasteiger partial charge < -0.3 is 9.30 Å². The van der Waals surface area contributed by atoms with E-state index in [1.54, 1.807) is 7.11 Å². The summed E-state index contributed by atoms with van der Waals surface area (Å²) < 4.78 is 7.53. The second-order valence-corrected chi connectivity index (χ2v) is 9.36. The van der Waals surface area contributed by atoms with Crippen LogP contribution >= 0.6 is 23.5 Å². The first-order chi connectivity index (χ1) is 13.3. The van der Waals surface area contributed by atoms with Crippen molar-refractivity contribution in [3.8, 4) is 11.4 Å². The van der Waals surface area contributed by atoms with Crippen molar-refractivity contribution in [2.24, 2.45) is 0 Å². The molecule has 0 atom stereocenters. The molecule has 27 heavy (non-hydrogen) atoms. The van der Waals surface area contributed by atoms with E-state index in [1.807, 2.05) is 23.5 Å². The van der Waals surface area contributed by atoms with Gasteiger partial charge >= 0.3 is 0 Å². The van der Waals surface area contributed by atoms with Gasteiger partial charge in [-0.2, -0.15) is 0 Å². The maximum atomic E-state index is 5.34. The van der Waals surface area contributed by atoms with Gasteiger partial charge in [0.05, 0.1) is 7.11 Å². The number of benzene rings is 2. The standard InChI is InChI=1S/C23H23NOS2/c1-25-22-12-10-19(11-13-22)23(26-17-6-18-27-23)15-14-21-9-5-16-24(21)20-7-3-2-4-8-20/h2-5,7-16H,6,17-18H2,1H3/b15-14+. The number of para-hydroxylation sites is 1. The molecule has 1 saturated heterocycles. The molecule has 0 radical (unpaired) electrons. The Morgan fingerprint density at radius 3 is 2.37 bits per heavy atom. The molecule has 2 aromatic carbocycles. The minimum atomic E-state index is -0.0453. The van der Waals surface area contributed by atoms with E-state index in [1.165, 1.54) is 34.9 Å². The van der Waals surface area contributed by atoms with Gasteiger partial charge in [-0.15, -0.1) is 23.5 Å².